The molecule has 0 N–H and O–H groups in total. The molecule has 1 unspecified atom stereocenters. The van der Waals surface area contributed by atoms with Crippen LogP contribution in [0.15, 0.2) is 41.0 Å². The van der Waals surface area contributed by atoms with Gasteiger partial charge in [-0.2, -0.15) is 13.2 Å². The fourth-order valence-electron chi connectivity index (χ4n) is 4.02. The fraction of sp³-hybridized carbons (Fsp3) is 0.391. The molecule has 0 aliphatic carbocycles. The molecular weight excluding hydrogens is 421 g/mol. The molecule has 1 aliphatic rings. The Bertz CT molecular complexity index is 1110. The summed E-state index contributed by atoms with van der Waals surface area (Å²) in [5.41, 5.74) is 4.05. The predicted octanol–water partition coefficient (Wildman–Crippen LogP) is 4.25. The van der Waals surface area contributed by atoms with Crippen LogP contribution >= 0.6 is 0 Å². The zero-order valence-electron chi connectivity index (χ0n) is 17.8. The SMILES string of the molecule is Cc1cc(Cc2ccc(C(F)(F)F)cc2)cc(C2CCN(C(=O)Cc3nonc3C)C2)n1. The number of benzene rings is 1. The van der Waals surface area contributed by atoms with Crippen molar-refractivity contribution in [3.63, 3.8) is 0 Å². The number of amides is 1. The molecule has 2 aromatic heterocycles. The van der Waals surface area contributed by atoms with Crippen molar-refractivity contribution in [2.45, 2.75) is 45.2 Å². The standard InChI is InChI=1S/C23H23F3N4O2/c1-14-9-17(10-16-3-5-19(6-4-16)23(24,25)26)11-21(27-14)18-7-8-30(13-18)22(31)12-20-15(2)28-32-29-20/h3-6,9,11,18H,7-8,10,12-13H2,1-2H3. The lowest BCUT2D eigenvalue weighted by atomic mass is 9.98. The molecule has 1 aromatic carbocycles. The minimum Gasteiger partial charge on any atom is -0.342 e. The van der Waals surface area contributed by atoms with Crippen LogP contribution in [0.4, 0.5) is 13.2 Å². The summed E-state index contributed by atoms with van der Waals surface area (Å²) >= 11 is 0. The van der Waals surface area contributed by atoms with Gasteiger partial charge in [-0.05, 0) is 62.1 Å². The van der Waals surface area contributed by atoms with E-state index in [4.69, 9.17) is 0 Å². The van der Waals surface area contributed by atoms with Crippen molar-refractivity contribution in [2.75, 3.05) is 13.1 Å². The minimum atomic E-state index is -4.34. The van der Waals surface area contributed by atoms with Gasteiger partial charge < -0.3 is 4.90 Å². The number of carbonyl (C=O) groups is 1. The average Bonchev–Trinajstić information content (AvgIpc) is 3.37. The molecule has 32 heavy (non-hydrogen) atoms. The molecule has 3 heterocycles. The molecule has 1 saturated heterocycles. The van der Waals surface area contributed by atoms with E-state index in [9.17, 15) is 18.0 Å². The predicted molar refractivity (Wildman–Crippen MR) is 110 cm³/mol. The lowest BCUT2D eigenvalue weighted by Crippen LogP contribution is -2.30. The highest BCUT2D eigenvalue weighted by atomic mass is 19.4. The van der Waals surface area contributed by atoms with E-state index in [2.05, 4.69) is 19.9 Å². The molecule has 0 spiro atoms. The van der Waals surface area contributed by atoms with Crippen LogP contribution in [0.5, 0.6) is 0 Å². The summed E-state index contributed by atoms with van der Waals surface area (Å²) in [5.74, 6) is 0.0886. The van der Waals surface area contributed by atoms with E-state index in [0.717, 1.165) is 41.1 Å². The second-order valence-corrected chi connectivity index (χ2v) is 8.21. The van der Waals surface area contributed by atoms with Crippen LogP contribution in [-0.2, 0) is 23.8 Å². The van der Waals surface area contributed by atoms with Crippen molar-refractivity contribution < 1.29 is 22.6 Å². The number of rotatable bonds is 5. The van der Waals surface area contributed by atoms with Crippen molar-refractivity contribution in [1.29, 1.82) is 0 Å². The minimum absolute atomic E-state index is 0.0241. The van der Waals surface area contributed by atoms with Gasteiger partial charge in [0.2, 0.25) is 5.91 Å². The van der Waals surface area contributed by atoms with Crippen LogP contribution in [0, 0.1) is 13.8 Å². The Morgan fingerprint density at radius 2 is 1.88 bits per heavy atom. The van der Waals surface area contributed by atoms with E-state index in [1.54, 1.807) is 11.8 Å². The maximum Gasteiger partial charge on any atom is 0.416 e. The summed E-state index contributed by atoms with van der Waals surface area (Å²) in [6.07, 6.45) is -2.86. The third-order valence-electron chi connectivity index (χ3n) is 5.75. The average molecular weight is 444 g/mol. The molecular formula is C23H23F3N4O2. The Labute approximate surface area is 183 Å². The van der Waals surface area contributed by atoms with Crippen molar-refractivity contribution >= 4 is 5.91 Å². The Morgan fingerprint density at radius 3 is 2.53 bits per heavy atom. The summed E-state index contributed by atoms with van der Waals surface area (Å²) in [5, 5.41) is 7.48. The van der Waals surface area contributed by atoms with E-state index in [0.29, 0.717) is 30.9 Å². The third kappa shape index (κ3) is 4.98. The number of halogens is 3. The third-order valence-corrected chi connectivity index (χ3v) is 5.75. The van der Waals surface area contributed by atoms with Gasteiger partial charge in [-0.15, -0.1) is 0 Å². The van der Waals surface area contributed by atoms with Crippen LogP contribution in [0.1, 0.15) is 51.8 Å². The van der Waals surface area contributed by atoms with Gasteiger partial charge in [0, 0.05) is 30.4 Å². The quantitative estimate of drug-likeness (QED) is 0.588. The maximum atomic E-state index is 12.8. The number of nitrogens with zero attached hydrogens (tertiary/aromatic N) is 4. The summed E-state index contributed by atoms with van der Waals surface area (Å²) in [7, 11) is 0. The zero-order valence-corrected chi connectivity index (χ0v) is 17.8. The van der Waals surface area contributed by atoms with Crippen molar-refractivity contribution in [3.8, 4) is 0 Å². The monoisotopic (exact) mass is 444 g/mol. The van der Waals surface area contributed by atoms with E-state index in [1.165, 1.54) is 12.1 Å². The molecule has 1 amide bonds. The normalized spacial score (nSPS) is 16.5. The number of carbonyl (C=O) groups excluding carboxylic acids is 1. The largest absolute Gasteiger partial charge is 0.416 e. The highest BCUT2D eigenvalue weighted by Gasteiger charge is 2.30. The molecule has 9 heteroatoms. The number of hydrogen-bond acceptors (Lipinski definition) is 5. The molecule has 0 radical (unpaired) electrons. The van der Waals surface area contributed by atoms with Gasteiger partial charge in [0.1, 0.15) is 11.4 Å². The van der Waals surface area contributed by atoms with Crippen LogP contribution in [0.2, 0.25) is 0 Å². The van der Waals surface area contributed by atoms with Crippen LogP contribution in [0.25, 0.3) is 0 Å². The molecule has 3 aromatic rings. The number of alkyl halides is 3. The first-order valence-electron chi connectivity index (χ1n) is 10.4. The summed E-state index contributed by atoms with van der Waals surface area (Å²) < 4.78 is 43.0. The lowest BCUT2D eigenvalue weighted by molar-refractivity contribution is -0.137. The molecule has 1 fully saturated rings. The molecule has 0 bridgehead atoms. The first kappa shape index (κ1) is 22.0. The molecule has 4 rings (SSSR count). The highest BCUT2D eigenvalue weighted by molar-refractivity contribution is 5.78. The van der Waals surface area contributed by atoms with Crippen molar-refractivity contribution in [3.05, 3.63) is 75.9 Å². The number of pyridine rings is 1. The Balaban J connectivity index is 1.43. The van der Waals surface area contributed by atoms with Gasteiger partial charge >= 0.3 is 6.18 Å². The smallest absolute Gasteiger partial charge is 0.342 e. The van der Waals surface area contributed by atoms with Gasteiger partial charge in [0.05, 0.1) is 12.0 Å². The molecule has 6 nitrogen and oxygen atoms in total. The Kier molecular flexibility index (Phi) is 5.99. The Hall–Kier alpha value is -3.23. The zero-order chi connectivity index (χ0) is 22.9. The van der Waals surface area contributed by atoms with Crippen molar-refractivity contribution in [2.24, 2.45) is 0 Å². The summed E-state index contributed by atoms with van der Waals surface area (Å²) in [6, 6.07) is 9.17. The van der Waals surface area contributed by atoms with E-state index in [1.807, 2.05) is 19.1 Å². The number of likely N-dealkylation sites (tertiary alicyclic amines) is 1. The fourth-order valence-corrected chi connectivity index (χ4v) is 4.02. The number of hydrogen-bond donors (Lipinski definition) is 0. The summed E-state index contributed by atoms with van der Waals surface area (Å²) in [6.45, 7) is 4.86. The topological polar surface area (TPSA) is 72.1 Å². The highest BCUT2D eigenvalue weighted by Crippen LogP contribution is 2.30. The van der Waals surface area contributed by atoms with Crippen LogP contribution in [0.3, 0.4) is 0 Å². The first-order chi connectivity index (χ1) is 15.2. The Morgan fingerprint density at radius 1 is 1.12 bits per heavy atom. The summed E-state index contributed by atoms with van der Waals surface area (Å²) in [4.78, 5) is 19.1. The lowest BCUT2D eigenvalue weighted by Gasteiger charge is -2.16. The van der Waals surface area contributed by atoms with Crippen molar-refractivity contribution in [1.82, 2.24) is 20.2 Å². The second kappa shape index (κ2) is 8.72. The van der Waals surface area contributed by atoms with Gasteiger partial charge in [0.15, 0.2) is 0 Å². The van der Waals surface area contributed by atoms with Gasteiger partial charge in [-0.25, -0.2) is 4.63 Å². The van der Waals surface area contributed by atoms with Crippen LogP contribution < -0.4 is 0 Å². The number of aryl methyl sites for hydroxylation is 2. The van der Waals surface area contributed by atoms with Gasteiger partial charge in [-0.3, -0.25) is 9.78 Å². The maximum absolute atomic E-state index is 12.8. The van der Waals surface area contributed by atoms with Gasteiger partial charge in [-0.1, -0.05) is 22.4 Å². The first-order valence-corrected chi connectivity index (χ1v) is 10.4. The van der Waals surface area contributed by atoms with E-state index >= 15 is 0 Å². The number of aromatic nitrogens is 3. The van der Waals surface area contributed by atoms with Crippen LogP contribution in [-0.4, -0.2) is 39.2 Å². The van der Waals surface area contributed by atoms with E-state index in [-0.39, 0.29) is 18.2 Å². The van der Waals surface area contributed by atoms with Gasteiger partial charge in [0.25, 0.3) is 0 Å². The molecule has 0 saturated carbocycles. The van der Waals surface area contributed by atoms with E-state index < -0.39 is 11.7 Å². The molecule has 1 atom stereocenters. The molecule has 168 valence electrons. The molecule has 1 aliphatic heterocycles. The second-order valence-electron chi connectivity index (χ2n) is 8.21.